The van der Waals surface area contributed by atoms with E-state index in [9.17, 15) is 0 Å². The average molecular weight is 234 g/mol. The van der Waals surface area contributed by atoms with Gasteiger partial charge in [0.15, 0.2) is 0 Å². The number of rotatable bonds is 2. The van der Waals surface area contributed by atoms with Crippen LogP contribution in [0.15, 0.2) is 6.07 Å². The molecular weight excluding hydrogens is 212 g/mol. The van der Waals surface area contributed by atoms with Crippen molar-refractivity contribution in [3.63, 3.8) is 0 Å². The van der Waals surface area contributed by atoms with Crippen molar-refractivity contribution >= 4 is 11.8 Å². The van der Waals surface area contributed by atoms with Crippen molar-refractivity contribution in [2.45, 2.75) is 52.5 Å². The molecule has 0 saturated heterocycles. The third-order valence-corrected chi connectivity index (χ3v) is 3.43. The van der Waals surface area contributed by atoms with Crippen LogP contribution in [0.3, 0.4) is 0 Å². The normalized spacial score (nSPS) is 23.4. The minimum Gasteiger partial charge on any atom is -0.368 e. The van der Waals surface area contributed by atoms with Crippen LogP contribution in [0.4, 0.5) is 11.8 Å². The predicted molar refractivity (Wildman–Crippen MR) is 70.8 cm³/mol. The molecule has 1 fully saturated rings. The molecule has 3 N–H and O–H groups in total. The zero-order chi connectivity index (χ0) is 12.5. The monoisotopic (exact) mass is 234 g/mol. The van der Waals surface area contributed by atoms with E-state index in [2.05, 4.69) is 29.1 Å². The Morgan fingerprint density at radius 2 is 2.18 bits per heavy atom. The van der Waals surface area contributed by atoms with Gasteiger partial charge in [-0.3, -0.25) is 0 Å². The number of aryl methyl sites for hydroxylation is 1. The topological polar surface area (TPSA) is 63.8 Å². The van der Waals surface area contributed by atoms with Crippen LogP contribution in [0.5, 0.6) is 0 Å². The van der Waals surface area contributed by atoms with Crippen molar-refractivity contribution in [3.8, 4) is 0 Å². The molecule has 0 amide bonds. The summed E-state index contributed by atoms with van der Waals surface area (Å²) in [5.74, 6) is 1.21. The second-order valence-electron chi connectivity index (χ2n) is 5.85. The highest BCUT2D eigenvalue weighted by molar-refractivity contribution is 5.41. The number of aromatic nitrogens is 2. The van der Waals surface area contributed by atoms with E-state index in [4.69, 9.17) is 5.73 Å². The van der Waals surface area contributed by atoms with E-state index in [1.807, 2.05) is 13.0 Å². The fraction of sp³-hybridized carbons (Fsp3) is 0.692. The molecule has 0 bridgehead atoms. The summed E-state index contributed by atoms with van der Waals surface area (Å²) in [4.78, 5) is 8.31. The van der Waals surface area contributed by atoms with Crippen LogP contribution in [0.1, 0.15) is 45.2 Å². The Morgan fingerprint density at radius 3 is 2.82 bits per heavy atom. The summed E-state index contributed by atoms with van der Waals surface area (Å²) in [6.45, 7) is 6.61. The van der Waals surface area contributed by atoms with E-state index in [-0.39, 0.29) is 0 Å². The number of anilines is 2. The molecule has 1 atom stereocenters. The van der Waals surface area contributed by atoms with Gasteiger partial charge < -0.3 is 11.1 Å². The van der Waals surface area contributed by atoms with Crippen molar-refractivity contribution in [3.05, 3.63) is 11.8 Å². The number of nitrogens with zero attached hydrogens (tertiary/aromatic N) is 2. The standard InChI is InChI=1S/C13H22N4/c1-9-7-11(17-12(14)15-9)16-10-5-4-6-13(2,3)8-10/h7,10H,4-6,8H2,1-3H3,(H3,14,15,16,17). The zero-order valence-corrected chi connectivity index (χ0v) is 11.0. The molecule has 0 aliphatic heterocycles. The van der Waals surface area contributed by atoms with Crippen LogP contribution in [0, 0.1) is 12.3 Å². The lowest BCUT2D eigenvalue weighted by Crippen LogP contribution is -2.32. The molecule has 1 aromatic rings. The number of hydrogen-bond donors (Lipinski definition) is 2. The van der Waals surface area contributed by atoms with Crippen molar-refractivity contribution in [1.29, 1.82) is 0 Å². The Labute approximate surface area is 103 Å². The Kier molecular flexibility index (Phi) is 3.22. The van der Waals surface area contributed by atoms with Gasteiger partial charge in [0, 0.05) is 17.8 Å². The minimum atomic E-state index is 0.350. The first-order valence-electron chi connectivity index (χ1n) is 6.32. The molecule has 94 valence electrons. The molecule has 1 aromatic heterocycles. The molecule has 17 heavy (non-hydrogen) atoms. The summed E-state index contributed by atoms with van der Waals surface area (Å²) in [5.41, 5.74) is 7.00. The van der Waals surface area contributed by atoms with E-state index in [1.165, 1.54) is 25.7 Å². The van der Waals surface area contributed by atoms with Gasteiger partial charge in [-0.1, -0.05) is 20.3 Å². The van der Waals surface area contributed by atoms with Crippen LogP contribution in [0.25, 0.3) is 0 Å². The summed E-state index contributed by atoms with van der Waals surface area (Å²) in [6, 6.07) is 2.46. The molecule has 4 heteroatoms. The molecule has 1 aliphatic rings. The number of nitrogen functional groups attached to an aromatic ring is 1. The Hall–Kier alpha value is -1.32. The first-order valence-corrected chi connectivity index (χ1v) is 6.32. The van der Waals surface area contributed by atoms with Crippen LogP contribution in [-0.2, 0) is 0 Å². The number of hydrogen-bond acceptors (Lipinski definition) is 4. The SMILES string of the molecule is Cc1cc(NC2CCCC(C)(C)C2)nc(N)n1. The van der Waals surface area contributed by atoms with Gasteiger partial charge in [-0.05, 0) is 31.6 Å². The first kappa shape index (κ1) is 12.1. The average Bonchev–Trinajstić information content (AvgIpc) is 2.13. The molecule has 0 aromatic carbocycles. The van der Waals surface area contributed by atoms with E-state index in [1.54, 1.807) is 0 Å². The van der Waals surface area contributed by atoms with E-state index < -0.39 is 0 Å². The lowest BCUT2D eigenvalue weighted by atomic mass is 9.75. The van der Waals surface area contributed by atoms with Gasteiger partial charge in [0.25, 0.3) is 0 Å². The highest BCUT2D eigenvalue weighted by atomic mass is 15.1. The van der Waals surface area contributed by atoms with Gasteiger partial charge in [0.1, 0.15) is 5.82 Å². The van der Waals surface area contributed by atoms with Gasteiger partial charge >= 0.3 is 0 Å². The van der Waals surface area contributed by atoms with Crippen LogP contribution in [0.2, 0.25) is 0 Å². The molecule has 4 nitrogen and oxygen atoms in total. The molecule has 1 heterocycles. The number of nitrogens with one attached hydrogen (secondary N) is 1. The minimum absolute atomic E-state index is 0.350. The summed E-state index contributed by atoms with van der Waals surface area (Å²) in [7, 11) is 0. The van der Waals surface area contributed by atoms with Crippen molar-refractivity contribution in [1.82, 2.24) is 9.97 Å². The van der Waals surface area contributed by atoms with Gasteiger partial charge in [-0.25, -0.2) is 4.98 Å². The molecule has 0 radical (unpaired) electrons. The lowest BCUT2D eigenvalue weighted by Gasteiger charge is -2.35. The summed E-state index contributed by atoms with van der Waals surface area (Å²) in [5, 5.41) is 3.49. The van der Waals surface area contributed by atoms with Gasteiger partial charge in [-0.2, -0.15) is 4.98 Å². The Bertz CT molecular complexity index is 380. The Balaban J connectivity index is 2.05. The van der Waals surface area contributed by atoms with Crippen LogP contribution in [-0.4, -0.2) is 16.0 Å². The zero-order valence-electron chi connectivity index (χ0n) is 11.0. The third kappa shape index (κ3) is 3.32. The van der Waals surface area contributed by atoms with Crippen molar-refractivity contribution in [2.75, 3.05) is 11.1 Å². The fourth-order valence-corrected chi connectivity index (χ4v) is 2.70. The predicted octanol–water partition coefficient (Wildman–Crippen LogP) is 2.75. The van der Waals surface area contributed by atoms with E-state index in [0.29, 0.717) is 17.4 Å². The van der Waals surface area contributed by atoms with Crippen molar-refractivity contribution in [2.24, 2.45) is 5.41 Å². The molecule has 1 aliphatic carbocycles. The van der Waals surface area contributed by atoms with Gasteiger partial charge in [0.2, 0.25) is 5.95 Å². The summed E-state index contributed by atoms with van der Waals surface area (Å²) >= 11 is 0. The summed E-state index contributed by atoms with van der Waals surface area (Å²) in [6.07, 6.45) is 5.00. The second-order valence-corrected chi connectivity index (χ2v) is 5.85. The molecule has 1 saturated carbocycles. The lowest BCUT2D eigenvalue weighted by molar-refractivity contribution is 0.229. The summed E-state index contributed by atoms with van der Waals surface area (Å²) < 4.78 is 0. The van der Waals surface area contributed by atoms with Crippen LogP contribution >= 0.6 is 0 Å². The molecular formula is C13H22N4. The maximum Gasteiger partial charge on any atom is 0.222 e. The molecule has 2 rings (SSSR count). The van der Waals surface area contributed by atoms with E-state index in [0.717, 1.165) is 11.5 Å². The largest absolute Gasteiger partial charge is 0.368 e. The van der Waals surface area contributed by atoms with Crippen molar-refractivity contribution < 1.29 is 0 Å². The fourth-order valence-electron chi connectivity index (χ4n) is 2.70. The highest BCUT2D eigenvalue weighted by Crippen LogP contribution is 2.36. The third-order valence-electron chi connectivity index (χ3n) is 3.43. The molecule has 0 spiro atoms. The van der Waals surface area contributed by atoms with Gasteiger partial charge in [0.05, 0.1) is 0 Å². The quantitative estimate of drug-likeness (QED) is 0.826. The molecule has 1 unspecified atom stereocenters. The second kappa shape index (κ2) is 4.51. The highest BCUT2D eigenvalue weighted by Gasteiger charge is 2.27. The number of nitrogens with two attached hydrogens (primary N) is 1. The van der Waals surface area contributed by atoms with Gasteiger partial charge in [-0.15, -0.1) is 0 Å². The van der Waals surface area contributed by atoms with Crippen LogP contribution < -0.4 is 11.1 Å². The smallest absolute Gasteiger partial charge is 0.222 e. The van der Waals surface area contributed by atoms with E-state index >= 15 is 0 Å². The maximum atomic E-state index is 5.66. The maximum absolute atomic E-state index is 5.66. The first-order chi connectivity index (χ1) is 7.94. The Morgan fingerprint density at radius 1 is 1.41 bits per heavy atom.